The van der Waals surface area contributed by atoms with Crippen LogP contribution < -0.4 is 10.1 Å². The number of ether oxygens (including phenoxy) is 1. The minimum Gasteiger partial charge on any atom is -0.421 e. The summed E-state index contributed by atoms with van der Waals surface area (Å²) in [7, 11) is 2.05. The van der Waals surface area contributed by atoms with E-state index in [0.717, 1.165) is 36.8 Å². The van der Waals surface area contributed by atoms with Crippen molar-refractivity contribution in [2.24, 2.45) is 0 Å². The molecule has 0 radical (unpaired) electrons. The predicted molar refractivity (Wildman–Crippen MR) is 132 cm³/mol. The summed E-state index contributed by atoms with van der Waals surface area (Å²) in [6.45, 7) is 5.31. The smallest absolute Gasteiger partial charge is 0.324 e. The lowest BCUT2D eigenvalue weighted by molar-refractivity contribution is 0.369. The number of rotatable bonds is 6. The molecule has 180 valence electrons. The molecule has 8 nitrogen and oxygen atoms in total. The summed E-state index contributed by atoms with van der Waals surface area (Å²) in [6, 6.07) is 6.06. The van der Waals surface area contributed by atoms with Crippen LogP contribution in [0.3, 0.4) is 0 Å². The molecule has 5 rings (SSSR count). The Bertz CT molecular complexity index is 1450. The zero-order valence-corrected chi connectivity index (χ0v) is 19.6. The fourth-order valence-electron chi connectivity index (χ4n) is 4.01. The van der Waals surface area contributed by atoms with Crippen LogP contribution in [0.1, 0.15) is 30.4 Å². The molecule has 10 heteroatoms. The molecule has 4 aromatic rings. The Labute approximate surface area is 200 Å². The number of benzene rings is 1. The molecule has 3 aromatic heterocycles. The maximum absolute atomic E-state index is 15.1. The van der Waals surface area contributed by atoms with E-state index in [1.165, 1.54) is 6.07 Å². The van der Waals surface area contributed by atoms with E-state index in [-0.39, 0.29) is 22.7 Å². The number of aromatic nitrogens is 5. The standard InChI is InChI=1S/C25H25F2N7O/c1-4-5-16-11-22(33-32-16)30-21-13-19(15-6-8-34(3)9-7-15)29-25(31-21)35-20-12-18(26)24-17(23(20)27)10-14(2)28-24/h4-6,10-13,28H,7-9H2,1-3H3,(H2,29,30,31,32,33)/b5-4+. The van der Waals surface area contributed by atoms with Crippen molar-refractivity contribution in [3.8, 4) is 11.8 Å². The van der Waals surface area contributed by atoms with Gasteiger partial charge in [-0.1, -0.05) is 12.2 Å². The summed E-state index contributed by atoms with van der Waals surface area (Å²) in [5.74, 6) is -0.624. The average Bonchev–Trinajstić information content (AvgIpc) is 3.44. The molecule has 1 aliphatic heterocycles. The summed E-state index contributed by atoms with van der Waals surface area (Å²) in [5.41, 5.74) is 3.24. The molecule has 0 fully saturated rings. The Morgan fingerprint density at radius 1 is 1.14 bits per heavy atom. The van der Waals surface area contributed by atoms with Crippen molar-refractivity contribution in [3.05, 3.63) is 65.1 Å². The third kappa shape index (κ3) is 4.78. The Balaban J connectivity index is 1.53. The van der Waals surface area contributed by atoms with E-state index in [2.05, 4.69) is 41.4 Å². The molecule has 3 N–H and O–H groups in total. The van der Waals surface area contributed by atoms with E-state index in [0.29, 0.717) is 23.0 Å². The summed E-state index contributed by atoms with van der Waals surface area (Å²) >= 11 is 0. The van der Waals surface area contributed by atoms with Gasteiger partial charge in [0, 0.05) is 42.4 Å². The first-order valence-electron chi connectivity index (χ1n) is 11.3. The fourth-order valence-corrected chi connectivity index (χ4v) is 4.01. The molecule has 35 heavy (non-hydrogen) atoms. The molecule has 0 aliphatic carbocycles. The van der Waals surface area contributed by atoms with Gasteiger partial charge in [0.1, 0.15) is 5.82 Å². The van der Waals surface area contributed by atoms with E-state index in [1.54, 1.807) is 13.0 Å². The van der Waals surface area contributed by atoms with Crippen molar-refractivity contribution in [2.45, 2.75) is 20.3 Å². The molecule has 0 unspecified atom stereocenters. The lowest BCUT2D eigenvalue weighted by Gasteiger charge is -2.22. The van der Waals surface area contributed by atoms with Crippen molar-refractivity contribution in [1.82, 2.24) is 30.0 Å². The van der Waals surface area contributed by atoms with Gasteiger partial charge in [-0.25, -0.2) is 8.78 Å². The highest BCUT2D eigenvalue weighted by Gasteiger charge is 2.19. The summed E-state index contributed by atoms with van der Waals surface area (Å²) in [5, 5.41) is 10.4. The van der Waals surface area contributed by atoms with Gasteiger partial charge in [-0.3, -0.25) is 5.10 Å². The zero-order valence-electron chi connectivity index (χ0n) is 19.6. The van der Waals surface area contributed by atoms with Crippen LogP contribution in [0, 0.1) is 18.6 Å². The van der Waals surface area contributed by atoms with Gasteiger partial charge in [-0.15, -0.1) is 0 Å². The van der Waals surface area contributed by atoms with Crippen LogP contribution in [0.4, 0.5) is 20.4 Å². The third-order valence-corrected chi connectivity index (χ3v) is 5.75. The van der Waals surface area contributed by atoms with Gasteiger partial charge in [0.15, 0.2) is 23.2 Å². The van der Waals surface area contributed by atoms with Crippen LogP contribution in [-0.4, -0.2) is 50.2 Å². The normalized spacial score (nSPS) is 14.6. The van der Waals surface area contributed by atoms with E-state index in [9.17, 15) is 4.39 Å². The van der Waals surface area contributed by atoms with Crippen molar-refractivity contribution >= 4 is 34.2 Å². The van der Waals surface area contributed by atoms with Gasteiger partial charge in [0.25, 0.3) is 0 Å². The minimum absolute atomic E-state index is 0.0938. The quantitative estimate of drug-likeness (QED) is 0.337. The van der Waals surface area contributed by atoms with Crippen molar-refractivity contribution in [1.29, 1.82) is 0 Å². The molecule has 0 spiro atoms. The highest BCUT2D eigenvalue weighted by Crippen LogP contribution is 2.33. The average molecular weight is 478 g/mol. The van der Waals surface area contributed by atoms with Gasteiger partial charge >= 0.3 is 6.01 Å². The van der Waals surface area contributed by atoms with Crippen LogP contribution in [0.5, 0.6) is 11.8 Å². The minimum atomic E-state index is -0.684. The molecule has 4 heterocycles. The molecular formula is C25H25F2N7O. The summed E-state index contributed by atoms with van der Waals surface area (Å²) in [6.07, 6.45) is 6.66. The molecule has 1 aliphatic rings. The second-order valence-corrected chi connectivity index (χ2v) is 8.51. The van der Waals surface area contributed by atoms with Crippen molar-refractivity contribution < 1.29 is 13.5 Å². The summed E-state index contributed by atoms with van der Waals surface area (Å²) < 4.78 is 35.5. The number of likely N-dealkylation sites (N-methyl/N-ethyl adjacent to an activating group) is 1. The van der Waals surface area contributed by atoms with Gasteiger partial charge in [0.05, 0.1) is 16.9 Å². The number of halogens is 2. The van der Waals surface area contributed by atoms with Crippen molar-refractivity contribution in [2.75, 3.05) is 25.5 Å². The number of H-pyrrole nitrogens is 2. The van der Waals surface area contributed by atoms with Gasteiger partial charge in [-0.2, -0.15) is 15.1 Å². The molecule has 0 saturated carbocycles. The van der Waals surface area contributed by atoms with E-state index >= 15 is 4.39 Å². The van der Waals surface area contributed by atoms with E-state index in [4.69, 9.17) is 4.74 Å². The molecule has 0 bridgehead atoms. The topological polar surface area (TPSA) is 94.8 Å². The van der Waals surface area contributed by atoms with E-state index < -0.39 is 11.6 Å². The van der Waals surface area contributed by atoms with Crippen LogP contribution in [-0.2, 0) is 0 Å². The molecule has 0 amide bonds. The highest BCUT2D eigenvalue weighted by molar-refractivity contribution is 5.83. The summed E-state index contributed by atoms with van der Waals surface area (Å²) in [4.78, 5) is 13.9. The third-order valence-electron chi connectivity index (χ3n) is 5.75. The number of allylic oxidation sites excluding steroid dienone is 1. The number of hydrogen-bond acceptors (Lipinski definition) is 6. The second-order valence-electron chi connectivity index (χ2n) is 8.51. The highest BCUT2D eigenvalue weighted by atomic mass is 19.1. The lowest BCUT2D eigenvalue weighted by Crippen LogP contribution is -2.24. The first kappa shape index (κ1) is 22.7. The number of fused-ring (bicyclic) bond motifs is 1. The number of aromatic amines is 2. The molecule has 0 atom stereocenters. The SMILES string of the molecule is C/C=C/c1cc(Nc2cc(C3=CCN(C)CC3)nc(Oc3cc(F)c4[nH]c(C)cc4c3F)n2)n[nH]1. The first-order chi connectivity index (χ1) is 16.9. The maximum atomic E-state index is 15.1. The Kier molecular flexibility index (Phi) is 6.04. The number of hydrogen-bond donors (Lipinski definition) is 3. The predicted octanol–water partition coefficient (Wildman–Crippen LogP) is 5.56. The Hall–Kier alpha value is -4.05. The van der Waals surface area contributed by atoms with Gasteiger partial charge in [-0.05, 0) is 45.0 Å². The number of anilines is 2. The zero-order chi connectivity index (χ0) is 24.5. The van der Waals surface area contributed by atoms with Crippen molar-refractivity contribution in [3.63, 3.8) is 0 Å². The molecule has 0 saturated heterocycles. The van der Waals surface area contributed by atoms with Crippen LogP contribution in [0.2, 0.25) is 0 Å². The molecule has 1 aromatic carbocycles. The number of nitrogens with one attached hydrogen (secondary N) is 3. The molecular weight excluding hydrogens is 452 g/mol. The maximum Gasteiger partial charge on any atom is 0.324 e. The monoisotopic (exact) mass is 477 g/mol. The Morgan fingerprint density at radius 3 is 2.77 bits per heavy atom. The van der Waals surface area contributed by atoms with Gasteiger partial charge < -0.3 is 19.9 Å². The van der Waals surface area contributed by atoms with Crippen LogP contribution >= 0.6 is 0 Å². The number of aryl methyl sites for hydroxylation is 1. The second kappa shape index (κ2) is 9.30. The van der Waals surface area contributed by atoms with E-state index in [1.807, 2.05) is 32.2 Å². The lowest BCUT2D eigenvalue weighted by atomic mass is 10.0. The van der Waals surface area contributed by atoms with Gasteiger partial charge in [0.2, 0.25) is 0 Å². The van der Waals surface area contributed by atoms with Crippen LogP contribution in [0.25, 0.3) is 22.6 Å². The Morgan fingerprint density at radius 2 is 2.00 bits per heavy atom. The largest absolute Gasteiger partial charge is 0.421 e. The number of nitrogens with zero attached hydrogens (tertiary/aromatic N) is 4. The fraction of sp³-hybridized carbons (Fsp3) is 0.240. The first-order valence-corrected chi connectivity index (χ1v) is 11.3. The van der Waals surface area contributed by atoms with Crippen LogP contribution in [0.15, 0.2) is 36.4 Å².